The number of benzene rings is 3. The molecule has 5 nitrogen and oxygen atoms in total. The van der Waals surface area contributed by atoms with E-state index in [-0.39, 0.29) is 6.42 Å². The van der Waals surface area contributed by atoms with Crippen molar-refractivity contribution in [3.8, 4) is 5.75 Å². The predicted molar refractivity (Wildman–Crippen MR) is 141 cm³/mol. The molecule has 2 aliphatic rings. The van der Waals surface area contributed by atoms with E-state index in [2.05, 4.69) is 17.0 Å². The Balaban J connectivity index is 0.000000165. The van der Waals surface area contributed by atoms with Crippen molar-refractivity contribution < 1.29 is 14.3 Å². The molecule has 0 bridgehead atoms. The van der Waals surface area contributed by atoms with Gasteiger partial charge in [-0.3, -0.25) is 9.59 Å². The molecule has 35 heavy (non-hydrogen) atoms. The van der Waals surface area contributed by atoms with Gasteiger partial charge in [0, 0.05) is 6.42 Å². The van der Waals surface area contributed by atoms with Gasteiger partial charge >= 0.3 is 0 Å². The molecule has 0 atom stereocenters. The van der Waals surface area contributed by atoms with Crippen molar-refractivity contribution in [2.45, 2.75) is 51.0 Å². The number of aryl methyl sites for hydroxylation is 2. The minimum Gasteiger partial charge on any atom is -0.489 e. The second-order valence-corrected chi connectivity index (χ2v) is 9.76. The van der Waals surface area contributed by atoms with Crippen LogP contribution in [-0.2, 0) is 22.4 Å². The van der Waals surface area contributed by atoms with Crippen LogP contribution in [0.15, 0.2) is 60.7 Å². The second-order valence-electron chi connectivity index (χ2n) is 9.35. The minimum atomic E-state index is -0.856. The summed E-state index contributed by atoms with van der Waals surface area (Å²) in [4.78, 5) is 24.2. The summed E-state index contributed by atoms with van der Waals surface area (Å²) >= 11 is 6.25. The van der Waals surface area contributed by atoms with Gasteiger partial charge in [-0.15, -0.1) is 0 Å². The van der Waals surface area contributed by atoms with Crippen LogP contribution >= 0.6 is 11.6 Å². The first-order valence-corrected chi connectivity index (χ1v) is 12.8. The highest BCUT2D eigenvalue weighted by atomic mass is 35.5. The fourth-order valence-corrected chi connectivity index (χ4v) is 4.30. The van der Waals surface area contributed by atoms with Gasteiger partial charge in [0.25, 0.3) is 5.91 Å². The standard InChI is InChI=1S/C15H20ClNO.C14H13NO2/c16-14-11-12(3-1-8-17-9-2-10-17)4-7-15(14)18-13-5-6-13;15-14(17)13(16)8-6-10-5-7-11-3-1-2-4-12(11)9-10/h4,7,11,13H,1-3,5-6,8-10H2;1-5,7,9H,6,8H2,(H2,15,17). The number of hydrogen-bond acceptors (Lipinski definition) is 4. The van der Waals surface area contributed by atoms with Crippen LogP contribution in [0.25, 0.3) is 10.8 Å². The molecule has 1 heterocycles. The zero-order chi connectivity index (χ0) is 24.6. The number of Topliss-reactive ketones (excluding diaryl/α,β-unsaturated/α-hetero) is 1. The van der Waals surface area contributed by atoms with Crippen LogP contribution in [0.4, 0.5) is 0 Å². The number of rotatable bonds is 10. The normalized spacial score (nSPS) is 15.1. The monoisotopic (exact) mass is 492 g/mol. The van der Waals surface area contributed by atoms with Crippen molar-refractivity contribution in [1.82, 2.24) is 4.90 Å². The number of nitrogens with two attached hydrogens (primary N) is 1. The lowest BCUT2D eigenvalue weighted by atomic mass is 10.0. The van der Waals surface area contributed by atoms with E-state index in [0.717, 1.165) is 33.5 Å². The molecule has 0 spiro atoms. The number of primary amides is 1. The molecular weight excluding hydrogens is 460 g/mol. The largest absolute Gasteiger partial charge is 0.489 e. The molecule has 0 radical (unpaired) electrons. The Morgan fingerprint density at radius 2 is 1.66 bits per heavy atom. The maximum Gasteiger partial charge on any atom is 0.284 e. The molecular formula is C29H33ClN2O3. The van der Waals surface area contributed by atoms with Gasteiger partial charge in [0.15, 0.2) is 0 Å². The van der Waals surface area contributed by atoms with Gasteiger partial charge in [-0.25, -0.2) is 0 Å². The Labute approximate surface area is 212 Å². The molecule has 3 aromatic carbocycles. The van der Waals surface area contributed by atoms with Crippen LogP contribution in [0.3, 0.4) is 0 Å². The first-order chi connectivity index (χ1) is 17.0. The number of nitrogens with zero attached hydrogens (tertiary/aromatic N) is 1. The van der Waals surface area contributed by atoms with Gasteiger partial charge in [-0.1, -0.05) is 60.1 Å². The lowest BCUT2D eigenvalue weighted by molar-refractivity contribution is -0.135. The summed E-state index contributed by atoms with van der Waals surface area (Å²) in [6.45, 7) is 3.79. The first-order valence-electron chi connectivity index (χ1n) is 12.5. The van der Waals surface area contributed by atoms with Crippen LogP contribution in [-0.4, -0.2) is 42.3 Å². The van der Waals surface area contributed by atoms with E-state index in [1.54, 1.807) is 0 Å². The van der Waals surface area contributed by atoms with Crippen molar-refractivity contribution in [1.29, 1.82) is 0 Å². The van der Waals surface area contributed by atoms with Gasteiger partial charge in [0.05, 0.1) is 11.1 Å². The Morgan fingerprint density at radius 1 is 0.943 bits per heavy atom. The van der Waals surface area contributed by atoms with Crippen molar-refractivity contribution in [2.75, 3.05) is 19.6 Å². The molecule has 2 fully saturated rings. The fourth-order valence-electron chi connectivity index (χ4n) is 4.05. The molecule has 6 heteroatoms. The molecule has 0 aromatic heterocycles. The van der Waals surface area contributed by atoms with E-state index >= 15 is 0 Å². The number of ether oxygens (including phenoxy) is 1. The summed E-state index contributed by atoms with van der Waals surface area (Å²) < 4.78 is 5.74. The number of fused-ring (bicyclic) bond motifs is 1. The van der Waals surface area contributed by atoms with E-state index in [1.165, 1.54) is 50.9 Å². The van der Waals surface area contributed by atoms with Crippen LogP contribution in [0.2, 0.25) is 5.02 Å². The fraction of sp³-hybridized carbons (Fsp3) is 0.379. The summed E-state index contributed by atoms with van der Waals surface area (Å²) in [5.74, 6) is -0.519. The third-order valence-electron chi connectivity index (χ3n) is 6.43. The molecule has 1 amide bonds. The zero-order valence-corrected chi connectivity index (χ0v) is 20.8. The average molecular weight is 493 g/mol. The second kappa shape index (κ2) is 12.2. The lowest BCUT2D eigenvalue weighted by Crippen LogP contribution is -2.37. The molecule has 184 valence electrons. The van der Waals surface area contributed by atoms with Crippen LogP contribution in [0.1, 0.15) is 43.2 Å². The molecule has 2 N–H and O–H groups in total. The van der Waals surface area contributed by atoms with Crippen molar-refractivity contribution in [3.63, 3.8) is 0 Å². The van der Waals surface area contributed by atoms with Crippen molar-refractivity contribution in [2.24, 2.45) is 5.73 Å². The van der Waals surface area contributed by atoms with Crippen LogP contribution < -0.4 is 10.5 Å². The van der Waals surface area contributed by atoms with Crippen LogP contribution in [0.5, 0.6) is 5.75 Å². The quantitative estimate of drug-likeness (QED) is 0.387. The Kier molecular flexibility index (Phi) is 8.78. The van der Waals surface area contributed by atoms with E-state index in [0.29, 0.717) is 12.5 Å². The maximum absolute atomic E-state index is 11.1. The zero-order valence-electron chi connectivity index (χ0n) is 20.0. The van der Waals surface area contributed by atoms with Gasteiger partial charge in [0.1, 0.15) is 5.75 Å². The smallest absolute Gasteiger partial charge is 0.284 e. The SMILES string of the molecule is Clc1cc(CCCN2CCC2)ccc1OC1CC1.NC(=O)C(=O)CCc1ccc2ccccc2c1. The topological polar surface area (TPSA) is 72.6 Å². The van der Waals surface area contributed by atoms with Crippen LogP contribution in [0, 0.1) is 0 Å². The Hall–Kier alpha value is -2.89. The number of hydrogen-bond donors (Lipinski definition) is 1. The van der Waals surface area contributed by atoms with Gasteiger partial charge in [-0.05, 0) is 92.2 Å². The molecule has 1 saturated heterocycles. The molecule has 1 saturated carbocycles. The van der Waals surface area contributed by atoms with E-state index in [9.17, 15) is 9.59 Å². The summed E-state index contributed by atoms with van der Waals surface area (Å²) in [6, 6.07) is 20.3. The number of carbonyl (C=O) groups is 2. The Morgan fingerprint density at radius 3 is 2.31 bits per heavy atom. The highest BCUT2D eigenvalue weighted by Gasteiger charge is 2.24. The minimum absolute atomic E-state index is 0.174. The van der Waals surface area contributed by atoms with E-state index in [4.69, 9.17) is 22.1 Å². The van der Waals surface area contributed by atoms with E-state index < -0.39 is 11.7 Å². The summed E-state index contributed by atoms with van der Waals surface area (Å²) in [7, 11) is 0. The van der Waals surface area contributed by atoms with Gasteiger partial charge < -0.3 is 15.4 Å². The number of ketones is 1. The molecule has 0 unspecified atom stereocenters. The highest BCUT2D eigenvalue weighted by Crippen LogP contribution is 2.32. The third-order valence-corrected chi connectivity index (χ3v) is 6.73. The van der Waals surface area contributed by atoms with Crippen molar-refractivity contribution in [3.05, 3.63) is 76.8 Å². The molecule has 1 aliphatic heterocycles. The summed E-state index contributed by atoms with van der Waals surface area (Å²) in [5, 5.41) is 3.07. The number of likely N-dealkylation sites (tertiary alicyclic amines) is 1. The summed E-state index contributed by atoms with van der Waals surface area (Å²) in [5.41, 5.74) is 7.27. The lowest BCUT2D eigenvalue weighted by Gasteiger charge is -2.30. The van der Waals surface area contributed by atoms with E-state index in [1.807, 2.05) is 48.5 Å². The molecule has 5 rings (SSSR count). The van der Waals surface area contributed by atoms with Gasteiger partial charge in [0.2, 0.25) is 5.78 Å². The Bertz CT molecular complexity index is 1170. The van der Waals surface area contributed by atoms with Crippen molar-refractivity contribution >= 4 is 34.1 Å². The highest BCUT2D eigenvalue weighted by molar-refractivity contribution is 6.35. The average Bonchev–Trinajstić information content (AvgIpc) is 3.65. The third kappa shape index (κ3) is 7.81. The number of carbonyl (C=O) groups excluding carboxylic acids is 2. The first kappa shape index (κ1) is 25.2. The molecule has 3 aromatic rings. The maximum atomic E-state index is 11.1. The number of halogens is 1. The predicted octanol–water partition coefficient (Wildman–Crippen LogP) is 5.35. The number of amides is 1. The summed E-state index contributed by atoms with van der Waals surface area (Å²) in [6.07, 6.45) is 7.19. The van der Waals surface area contributed by atoms with Gasteiger partial charge in [-0.2, -0.15) is 0 Å². The molecule has 1 aliphatic carbocycles.